The molecule has 10 heteroatoms. The molecule has 1 aromatic carbocycles. The second-order valence-corrected chi connectivity index (χ2v) is 11.4. The number of piperazine rings is 1. The van der Waals surface area contributed by atoms with Crippen LogP contribution in [0.4, 0.5) is 5.82 Å². The van der Waals surface area contributed by atoms with Crippen LogP contribution in [-0.4, -0.2) is 101 Å². The second-order valence-electron chi connectivity index (χ2n) is 10.4. The van der Waals surface area contributed by atoms with E-state index in [1.807, 2.05) is 41.3 Å². The summed E-state index contributed by atoms with van der Waals surface area (Å²) in [6, 6.07) is 9.63. The summed E-state index contributed by atoms with van der Waals surface area (Å²) in [7, 11) is 0. The van der Waals surface area contributed by atoms with Crippen molar-refractivity contribution < 1.29 is 14.6 Å². The Morgan fingerprint density at radius 1 is 1.12 bits per heavy atom. The van der Waals surface area contributed by atoms with E-state index in [0.29, 0.717) is 13.1 Å². The first-order chi connectivity index (χ1) is 19.7. The van der Waals surface area contributed by atoms with Gasteiger partial charge in [0, 0.05) is 63.4 Å². The van der Waals surface area contributed by atoms with Gasteiger partial charge in [-0.15, -0.1) is 11.3 Å². The molecule has 3 aromatic rings. The molecule has 1 fully saturated rings. The highest BCUT2D eigenvalue weighted by atomic mass is 32.1. The van der Waals surface area contributed by atoms with E-state index in [4.69, 9.17) is 4.74 Å². The molecule has 5 rings (SSSR count). The number of nitrogens with zero attached hydrogens (tertiary/aromatic N) is 5. The lowest BCUT2D eigenvalue weighted by molar-refractivity contribution is -0.126. The third-order valence-electron chi connectivity index (χ3n) is 7.63. The fourth-order valence-electron chi connectivity index (χ4n) is 5.35. The van der Waals surface area contributed by atoms with Crippen molar-refractivity contribution in [3.05, 3.63) is 64.8 Å². The zero-order chi connectivity index (χ0) is 27.7. The zero-order valence-corrected chi connectivity index (χ0v) is 24.1. The average Bonchev–Trinajstić information content (AvgIpc) is 3.38. The summed E-state index contributed by atoms with van der Waals surface area (Å²) < 4.78 is 5.62. The molecule has 0 aliphatic carbocycles. The summed E-state index contributed by atoms with van der Waals surface area (Å²) in [4.78, 5) is 30.9. The van der Waals surface area contributed by atoms with Gasteiger partial charge in [0.1, 0.15) is 17.0 Å². The van der Waals surface area contributed by atoms with Crippen LogP contribution in [0, 0.1) is 0 Å². The van der Waals surface area contributed by atoms with Crippen LogP contribution < -0.4 is 5.32 Å². The van der Waals surface area contributed by atoms with Crippen LogP contribution in [0.25, 0.3) is 10.2 Å². The number of nitrogens with one attached hydrogen (secondary N) is 1. The molecule has 0 radical (unpaired) electrons. The Morgan fingerprint density at radius 3 is 2.70 bits per heavy atom. The Balaban J connectivity index is 1.16. The maximum Gasteiger partial charge on any atom is 0.246 e. The van der Waals surface area contributed by atoms with E-state index in [-0.39, 0.29) is 18.6 Å². The molecule has 40 heavy (non-hydrogen) atoms. The third kappa shape index (κ3) is 7.05. The fraction of sp³-hybridized carbons (Fsp3) is 0.500. The van der Waals surface area contributed by atoms with Crippen molar-refractivity contribution in [1.82, 2.24) is 24.7 Å². The molecular formula is C30H40N6O3S. The van der Waals surface area contributed by atoms with Gasteiger partial charge < -0.3 is 20.1 Å². The zero-order valence-electron chi connectivity index (χ0n) is 23.3. The first-order valence-corrected chi connectivity index (χ1v) is 15.1. The van der Waals surface area contributed by atoms with Gasteiger partial charge in [-0.2, -0.15) is 0 Å². The number of ether oxygens (including phenoxy) is 1. The number of thiophene rings is 1. The van der Waals surface area contributed by atoms with E-state index in [1.165, 1.54) is 5.56 Å². The van der Waals surface area contributed by atoms with Crippen LogP contribution in [0.2, 0.25) is 0 Å². The van der Waals surface area contributed by atoms with Gasteiger partial charge in [0.25, 0.3) is 0 Å². The number of fused-ring (bicyclic) bond motifs is 3. The predicted molar refractivity (Wildman–Crippen MR) is 160 cm³/mol. The molecule has 2 N–H and O–H groups in total. The second kappa shape index (κ2) is 14.1. The van der Waals surface area contributed by atoms with Crippen molar-refractivity contribution in [1.29, 1.82) is 0 Å². The highest BCUT2D eigenvalue weighted by Crippen LogP contribution is 2.38. The topological polar surface area (TPSA) is 94.1 Å². The highest BCUT2D eigenvalue weighted by Gasteiger charge is 2.26. The van der Waals surface area contributed by atoms with Crippen LogP contribution in [0.15, 0.2) is 48.8 Å². The van der Waals surface area contributed by atoms with Crippen molar-refractivity contribution in [2.24, 2.45) is 0 Å². The molecule has 1 amide bonds. The van der Waals surface area contributed by atoms with Gasteiger partial charge in [-0.05, 0) is 24.0 Å². The van der Waals surface area contributed by atoms with Crippen LogP contribution in [0.5, 0.6) is 0 Å². The molecule has 214 valence electrons. The first-order valence-electron chi connectivity index (χ1n) is 14.3. The van der Waals surface area contributed by atoms with Crippen LogP contribution in [-0.2, 0) is 22.5 Å². The standard InChI is InChI=1S/C30H40N6O3S/c1-2-18-39-19-17-35-15-13-34(14-16-35)11-6-9-27(38)36-12-10-24-26(20-36)40-30-28(24)29(31-22-32-30)33-25(21-37)23-7-4-3-5-8-23/h3-9,22,25,37H,2,10-21H2,1H3,(H,31,32,33)/b9-6+/t25-/m1/s1. The lowest BCUT2D eigenvalue weighted by Crippen LogP contribution is -2.47. The quantitative estimate of drug-likeness (QED) is 0.256. The molecule has 0 unspecified atom stereocenters. The average molecular weight is 565 g/mol. The Hall–Kier alpha value is -2.89. The van der Waals surface area contributed by atoms with Gasteiger partial charge in [-0.1, -0.05) is 43.3 Å². The maximum absolute atomic E-state index is 13.0. The number of carbonyl (C=O) groups is 1. The van der Waals surface area contributed by atoms with E-state index in [2.05, 4.69) is 32.0 Å². The number of aromatic nitrogens is 2. The summed E-state index contributed by atoms with van der Waals surface area (Å²) in [5, 5.41) is 14.5. The number of aliphatic hydroxyl groups is 1. The van der Waals surface area contributed by atoms with Crippen LogP contribution >= 0.6 is 11.3 Å². The van der Waals surface area contributed by atoms with E-state index in [0.717, 1.165) is 91.8 Å². The summed E-state index contributed by atoms with van der Waals surface area (Å²) in [6.45, 7) is 10.9. The summed E-state index contributed by atoms with van der Waals surface area (Å²) in [6.07, 6.45) is 7.14. The Labute approximate surface area is 240 Å². The van der Waals surface area contributed by atoms with Gasteiger partial charge in [-0.3, -0.25) is 14.6 Å². The van der Waals surface area contributed by atoms with Crippen LogP contribution in [0.1, 0.15) is 35.4 Å². The monoisotopic (exact) mass is 564 g/mol. The SMILES string of the molecule is CCCOCCN1CCN(C/C=C/C(=O)N2CCc3c(sc4ncnc(N[C@H](CO)c5ccccc5)c34)C2)CC1. The molecular weight excluding hydrogens is 524 g/mol. The third-order valence-corrected chi connectivity index (χ3v) is 8.76. The molecule has 2 aliphatic rings. The van der Waals surface area contributed by atoms with Crippen molar-refractivity contribution >= 4 is 33.3 Å². The van der Waals surface area contributed by atoms with E-state index >= 15 is 0 Å². The Bertz CT molecular complexity index is 1280. The van der Waals surface area contributed by atoms with Crippen molar-refractivity contribution in [2.75, 3.05) is 71.0 Å². The molecule has 2 aliphatic heterocycles. The number of rotatable bonds is 12. The number of benzene rings is 1. The van der Waals surface area contributed by atoms with Gasteiger partial charge in [-0.25, -0.2) is 9.97 Å². The molecule has 1 atom stereocenters. The molecule has 0 spiro atoms. The van der Waals surface area contributed by atoms with Gasteiger partial charge in [0.2, 0.25) is 5.91 Å². The minimum absolute atomic E-state index is 0.0415. The lowest BCUT2D eigenvalue weighted by atomic mass is 10.0. The molecule has 9 nitrogen and oxygen atoms in total. The molecule has 0 saturated carbocycles. The first kappa shape index (κ1) is 28.6. The molecule has 1 saturated heterocycles. The minimum Gasteiger partial charge on any atom is -0.394 e. The number of anilines is 1. The van der Waals surface area contributed by atoms with Crippen molar-refractivity contribution in [3.8, 4) is 0 Å². The number of hydrogen-bond acceptors (Lipinski definition) is 9. The maximum atomic E-state index is 13.0. The number of aliphatic hydroxyl groups excluding tert-OH is 1. The number of amides is 1. The van der Waals surface area contributed by atoms with Gasteiger partial charge in [0.05, 0.1) is 31.2 Å². The van der Waals surface area contributed by atoms with E-state index < -0.39 is 0 Å². The van der Waals surface area contributed by atoms with Crippen molar-refractivity contribution in [2.45, 2.75) is 32.4 Å². The molecule has 4 heterocycles. The van der Waals surface area contributed by atoms with E-state index in [9.17, 15) is 9.90 Å². The molecule has 0 bridgehead atoms. The van der Waals surface area contributed by atoms with E-state index in [1.54, 1.807) is 23.7 Å². The summed E-state index contributed by atoms with van der Waals surface area (Å²) in [5.74, 6) is 0.794. The van der Waals surface area contributed by atoms with Gasteiger partial charge in [0.15, 0.2) is 0 Å². The van der Waals surface area contributed by atoms with Crippen LogP contribution in [0.3, 0.4) is 0 Å². The highest BCUT2D eigenvalue weighted by molar-refractivity contribution is 7.19. The fourth-order valence-corrected chi connectivity index (χ4v) is 6.56. The lowest BCUT2D eigenvalue weighted by Gasteiger charge is -2.34. The Morgan fingerprint density at radius 2 is 1.93 bits per heavy atom. The minimum atomic E-state index is -0.260. The van der Waals surface area contributed by atoms with Crippen molar-refractivity contribution in [3.63, 3.8) is 0 Å². The largest absolute Gasteiger partial charge is 0.394 e. The summed E-state index contributed by atoms with van der Waals surface area (Å²) >= 11 is 1.63. The normalized spacial score (nSPS) is 17.4. The number of hydrogen-bond donors (Lipinski definition) is 2. The Kier molecular flexibility index (Phi) is 10.1. The number of carbonyl (C=O) groups excluding carboxylic acids is 1. The van der Waals surface area contributed by atoms with Gasteiger partial charge >= 0.3 is 0 Å². The summed E-state index contributed by atoms with van der Waals surface area (Å²) in [5.41, 5.74) is 2.21. The smallest absolute Gasteiger partial charge is 0.246 e. The molecule has 2 aromatic heterocycles. The predicted octanol–water partition coefficient (Wildman–Crippen LogP) is 3.32.